The van der Waals surface area contributed by atoms with Crippen LogP contribution in [0.2, 0.25) is 0 Å². The quantitative estimate of drug-likeness (QED) is 0.182. The molecule has 0 aromatic heterocycles. The van der Waals surface area contributed by atoms with E-state index in [0.717, 1.165) is 16.2 Å². The van der Waals surface area contributed by atoms with Crippen LogP contribution in [0.3, 0.4) is 0 Å². The lowest BCUT2D eigenvalue weighted by Crippen LogP contribution is -2.14. The van der Waals surface area contributed by atoms with Gasteiger partial charge in [0, 0.05) is 28.7 Å². The van der Waals surface area contributed by atoms with E-state index in [2.05, 4.69) is 66.7 Å². The zero-order chi connectivity index (χ0) is 18.0. The smallest absolute Gasteiger partial charge is 0.162 e. The van der Waals surface area contributed by atoms with Gasteiger partial charge < -0.3 is 4.55 Å². The molecule has 0 fully saturated rings. The van der Waals surface area contributed by atoms with Gasteiger partial charge in [-0.1, -0.05) is 54.6 Å². The topological polar surface area (TPSA) is 23.1 Å². The summed E-state index contributed by atoms with van der Waals surface area (Å²) in [4.78, 5) is 1.91. The Hall–Kier alpha value is -2.81. The molecule has 0 bridgehead atoms. The maximum absolute atomic E-state index is 13.1. The zero-order valence-corrected chi connectivity index (χ0v) is 15.4. The Balaban J connectivity index is 1.68. The molecular formula is C25H16OS. The van der Waals surface area contributed by atoms with Crippen molar-refractivity contribution in [1.82, 2.24) is 0 Å². The third kappa shape index (κ3) is 2.18. The molecule has 1 aliphatic rings. The second-order valence-electron chi connectivity index (χ2n) is 7.18. The molecule has 0 saturated carbocycles. The van der Waals surface area contributed by atoms with Gasteiger partial charge in [0.05, 0.1) is 0 Å². The Kier molecular flexibility index (Phi) is 3.16. The minimum absolute atomic E-state index is 0.841. The average Bonchev–Trinajstić information content (AvgIpc) is 2.72. The summed E-state index contributed by atoms with van der Waals surface area (Å²) >= 11 is -1.10. The predicted molar refractivity (Wildman–Crippen MR) is 113 cm³/mol. The molecule has 2 heteroatoms. The number of rotatable bonds is 0. The Bertz CT molecular complexity index is 1370. The molecule has 0 amide bonds. The number of fused-ring (bicyclic) bond motifs is 7. The summed E-state index contributed by atoms with van der Waals surface area (Å²) in [6.07, 6.45) is 0.841. The van der Waals surface area contributed by atoms with Crippen LogP contribution >= 0.6 is 0 Å². The van der Waals surface area contributed by atoms with Crippen LogP contribution in [0.25, 0.3) is 32.3 Å². The fraction of sp³-hybridized carbons (Fsp3) is 0.0400. The van der Waals surface area contributed by atoms with Crippen LogP contribution in [-0.4, -0.2) is 4.55 Å². The standard InChI is InChI=1S/C25H16OS/c26-27-24-8-4-3-7-19(24)15-23-21-10-9-18-13-16-5-1-2-6-17(16)14-22(18)20(21)11-12-25(23)27/h1-14H,15H2. The molecule has 5 aromatic rings. The van der Waals surface area contributed by atoms with Crippen LogP contribution in [-0.2, 0) is 17.6 Å². The van der Waals surface area contributed by atoms with E-state index in [1.165, 1.54) is 43.4 Å². The Labute approximate surface area is 160 Å². The highest BCUT2D eigenvalue weighted by Crippen LogP contribution is 2.40. The molecule has 0 spiro atoms. The third-order valence-corrected chi connectivity index (χ3v) is 7.27. The van der Waals surface area contributed by atoms with Gasteiger partial charge in [0.25, 0.3) is 0 Å². The second-order valence-corrected chi connectivity index (χ2v) is 8.59. The van der Waals surface area contributed by atoms with Crippen LogP contribution < -0.4 is 0 Å². The van der Waals surface area contributed by atoms with Crippen molar-refractivity contribution in [2.45, 2.75) is 16.2 Å². The molecule has 1 aliphatic heterocycles. The molecule has 5 aromatic carbocycles. The van der Waals surface area contributed by atoms with Gasteiger partial charge in [-0.15, -0.1) is 0 Å². The Morgan fingerprint density at radius 1 is 0.593 bits per heavy atom. The van der Waals surface area contributed by atoms with Crippen molar-refractivity contribution in [3.8, 4) is 0 Å². The number of benzene rings is 5. The van der Waals surface area contributed by atoms with Crippen molar-refractivity contribution < 1.29 is 4.55 Å². The summed E-state index contributed by atoms with van der Waals surface area (Å²) in [7, 11) is 0. The zero-order valence-electron chi connectivity index (χ0n) is 14.6. The lowest BCUT2D eigenvalue weighted by molar-refractivity contribution is 0.591. The molecule has 1 heterocycles. The van der Waals surface area contributed by atoms with E-state index in [1.54, 1.807) is 0 Å². The third-order valence-electron chi connectivity index (χ3n) is 5.69. The first kappa shape index (κ1) is 15.3. The Morgan fingerprint density at radius 2 is 1.33 bits per heavy atom. The van der Waals surface area contributed by atoms with Crippen LogP contribution in [0.4, 0.5) is 0 Å². The molecule has 1 unspecified atom stereocenters. The van der Waals surface area contributed by atoms with Gasteiger partial charge in [0.15, 0.2) is 9.79 Å². The predicted octanol–water partition coefficient (Wildman–Crippen LogP) is 6.22. The largest absolute Gasteiger partial charge is 0.606 e. The highest BCUT2D eigenvalue weighted by molar-refractivity contribution is 7.91. The Morgan fingerprint density at radius 3 is 2.22 bits per heavy atom. The van der Waals surface area contributed by atoms with Gasteiger partial charge in [-0.2, -0.15) is 0 Å². The van der Waals surface area contributed by atoms with E-state index in [9.17, 15) is 4.55 Å². The van der Waals surface area contributed by atoms with Gasteiger partial charge in [0.1, 0.15) is 0 Å². The van der Waals surface area contributed by atoms with E-state index in [0.29, 0.717) is 0 Å². The van der Waals surface area contributed by atoms with Crippen LogP contribution in [0.1, 0.15) is 11.1 Å². The highest BCUT2D eigenvalue weighted by Gasteiger charge is 2.29. The monoisotopic (exact) mass is 364 g/mol. The van der Waals surface area contributed by atoms with Crippen LogP contribution in [0.5, 0.6) is 0 Å². The normalized spacial score (nSPS) is 15.8. The summed E-state index contributed by atoms with van der Waals surface area (Å²) in [5.74, 6) is 0. The molecule has 0 N–H and O–H groups in total. The highest BCUT2D eigenvalue weighted by atomic mass is 32.2. The van der Waals surface area contributed by atoms with Crippen molar-refractivity contribution in [2.75, 3.05) is 0 Å². The average molecular weight is 364 g/mol. The molecule has 6 rings (SSSR count). The first-order chi connectivity index (χ1) is 13.3. The van der Waals surface area contributed by atoms with Gasteiger partial charge in [-0.25, -0.2) is 0 Å². The van der Waals surface area contributed by atoms with Gasteiger partial charge in [0.2, 0.25) is 0 Å². The summed E-state index contributed by atoms with van der Waals surface area (Å²) in [5, 5.41) is 7.49. The van der Waals surface area contributed by atoms with Crippen molar-refractivity contribution >= 4 is 43.5 Å². The lowest BCUT2D eigenvalue weighted by atomic mass is 9.93. The van der Waals surface area contributed by atoms with E-state index in [4.69, 9.17) is 0 Å². The van der Waals surface area contributed by atoms with Crippen molar-refractivity contribution in [3.05, 3.63) is 96.1 Å². The SMILES string of the molecule is [O-][S+]1c2ccccc2Cc2c1ccc1c2ccc2cc3ccccc3cc21. The van der Waals surface area contributed by atoms with E-state index in [1.807, 2.05) is 18.2 Å². The molecule has 1 nitrogen and oxygen atoms in total. The summed E-state index contributed by atoms with van der Waals surface area (Å²) < 4.78 is 13.1. The van der Waals surface area contributed by atoms with Gasteiger partial charge >= 0.3 is 0 Å². The van der Waals surface area contributed by atoms with Crippen LogP contribution in [0.15, 0.2) is 94.7 Å². The molecule has 1 atom stereocenters. The molecule has 128 valence electrons. The minimum Gasteiger partial charge on any atom is -0.606 e. The maximum atomic E-state index is 13.1. The minimum atomic E-state index is -1.10. The van der Waals surface area contributed by atoms with E-state index >= 15 is 0 Å². The first-order valence-electron chi connectivity index (χ1n) is 9.16. The van der Waals surface area contributed by atoms with Crippen molar-refractivity contribution in [3.63, 3.8) is 0 Å². The van der Waals surface area contributed by atoms with Gasteiger partial charge in [-0.05, 0) is 62.6 Å². The number of hydrogen-bond acceptors (Lipinski definition) is 1. The van der Waals surface area contributed by atoms with Crippen LogP contribution in [0, 0.1) is 0 Å². The summed E-state index contributed by atoms with van der Waals surface area (Å²) in [6.45, 7) is 0. The van der Waals surface area contributed by atoms with Crippen molar-refractivity contribution in [1.29, 1.82) is 0 Å². The first-order valence-corrected chi connectivity index (χ1v) is 10.3. The molecule has 0 aliphatic carbocycles. The van der Waals surface area contributed by atoms with E-state index < -0.39 is 11.2 Å². The van der Waals surface area contributed by atoms with Crippen molar-refractivity contribution in [2.24, 2.45) is 0 Å². The molecule has 0 radical (unpaired) electrons. The fourth-order valence-electron chi connectivity index (χ4n) is 4.37. The lowest BCUT2D eigenvalue weighted by Gasteiger charge is -2.23. The summed E-state index contributed by atoms with van der Waals surface area (Å²) in [6, 6.07) is 29.8. The molecule has 0 saturated heterocycles. The van der Waals surface area contributed by atoms with Gasteiger partial charge in [-0.3, -0.25) is 0 Å². The summed E-state index contributed by atoms with van der Waals surface area (Å²) in [5.41, 5.74) is 2.38. The molecular weight excluding hydrogens is 348 g/mol. The maximum Gasteiger partial charge on any atom is 0.162 e. The fourth-order valence-corrected chi connectivity index (χ4v) is 5.78. The second kappa shape index (κ2) is 5.59. The van der Waals surface area contributed by atoms with E-state index in [-0.39, 0.29) is 0 Å². The molecule has 27 heavy (non-hydrogen) atoms. The number of hydrogen-bond donors (Lipinski definition) is 0.